The van der Waals surface area contributed by atoms with Gasteiger partial charge in [0.1, 0.15) is 6.04 Å². The van der Waals surface area contributed by atoms with Crippen LogP contribution in [0, 0.1) is 13.8 Å². The molecule has 3 N–H and O–H groups in total. The molecule has 0 unspecified atom stereocenters. The molecule has 1 aromatic heterocycles. The molecule has 0 radical (unpaired) electrons. The monoisotopic (exact) mass is 299 g/mol. The third kappa shape index (κ3) is 4.65. The molecule has 0 aromatic carbocycles. The number of thiophene rings is 1. The third-order valence-corrected chi connectivity index (χ3v) is 4.03. The fraction of sp³-hybridized carbons (Fsp3) is 0.462. The number of carboxylic acids is 2. The SMILES string of the molecule is Cc1cc(C(=O)N[C@H](CCCC(=O)O)C(=O)O)sc1C. The number of rotatable bonds is 7. The number of aryl methyl sites for hydroxylation is 2. The Morgan fingerprint density at radius 2 is 1.95 bits per heavy atom. The van der Waals surface area contributed by atoms with Crippen LogP contribution in [0.2, 0.25) is 0 Å². The van der Waals surface area contributed by atoms with E-state index in [-0.39, 0.29) is 19.3 Å². The summed E-state index contributed by atoms with van der Waals surface area (Å²) in [6, 6.07) is 0.649. The van der Waals surface area contributed by atoms with E-state index in [4.69, 9.17) is 10.2 Å². The molecule has 1 aromatic rings. The topological polar surface area (TPSA) is 104 Å². The highest BCUT2D eigenvalue weighted by Crippen LogP contribution is 2.20. The van der Waals surface area contributed by atoms with Crippen molar-refractivity contribution in [2.45, 2.75) is 39.2 Å². The van der Waals surface area contributed by atoms with Gasteiger partial charge >= 0.3 is 11.9 Å². The molecule has 0 aliphatic heterocycles. The first-order valence-corrected chi connectivity index (χ1v) is 6.95. The van der Waals surface area contributed by atoms with Crippen LogP contribution in [-0.2, 0) is 9.59 Å². The second-order valence-electron chi connectivity index (χ2n) is 4.50. The smallest absolute Gasteiger partial charge is 0.326 e. The standard InChI is InChI=1S/C13H17NO5S/c1-7-6-10(20-8(7)2)12(17)14-9(13(18)19)4-3-5-11(15)16/h6,9H,3-5H2,1-2H3,(H,14,17)(H,15,16)(H,18,19)/t9-/m1/s1. The van der Waals surface area contributed by atoms with Crippen LogP contribution >= 0.6 is 11.3 Å². The number of nitrogens with one attached hydrogen (secondary N) is 1. The number of amides is 1. The summed E-state index contributed by atoms with van der Waals surface area (Å²) in [5.41, 5.74) is 0.984. The maximum absolute atomic E-state index is 11.9. The van der Waals surface area contributed by atoms with Crippen LogP contribution in [0.1, 0.15) is 39.4 Å². The summed E-state index contributed by atoms with van der Waals surface area (Å²) in [5, 5.41) is 20.0. The summed E-state index contributed by atoms with van der Waals surface area (Å²) < 4.78 is 0. The van der Waals surface area contributed by atoms with Gasteiger partial charge in [-0.1, -0.05) is 0 Å². The predicted octanol–water partition coefficient (Wildman–Crippen LogP) is 1.80. The second kappa shape index (κ2) is 7.04. The van der Waals surface area contributed by atoms with Crippen molar-refractivity contribution in [3.05, 3.63) is 21.4 Å². The summed E-state index contributed by atoms with van der Waals surface area (Å²) in [5.74, 6) is -2.58. The van der Waals surface area contributed by atoms with Gasteiger partial charge in [0.2, 0.25) is 0 Å². The van der Waals surface area contributed by atoms with Gasteiger partial charge in [0.05, 0.1) is 4.88 Å². The van der Waals surface area contributed by atoms with Crippen LogP contribution < -0.4 is 5.32 Å². The zero-order chi connectivity index (χ0) is 15.3. The first-order valence-electron chi connectivity index (χ1n) is 6.13. The lowest BCUT2D eigenvalue weighted by Crippen LogP contribution is -2.40. The highest BCUT2D eigenvalue weighted by Gasteiger charge is 2.21. The van der Waals surface area contributed by atoms with Crippen LogP contribution in [0.25, 0.3) is 0 Å². The Labute approximate surface area is 120 Å². The van der Waals surface area contributed by atoms with Crippen molar-refractivity contribution >= 4 is 29.2 Å². The molecule has 0 aliphatic carbocycles. The van der Waals surface area contributed by atoms with Crippen LogP contribution in [0.3, 0.4) is 0 Å². The molecular weight excluding hydrogens is 282 g/mol. The van der Waals surface area contributed by atoms with E-state index in [0.29, 0.717) is 4.88 Å². The molecule has 1 heterocycles. The maximum atomic E-state index is 11.9. The first-order chi connectivity index (χ1) is 9.31. The lowest BCUT2D eigenvalue weighted by molar-refractivity contribution is -0.140. The Morgan fingerprint density at radius 3 is 2.40 bits per heavy atom. The minimum Gasteiger partial charge on any atom is -0.481 e. The van der Waals surface area contributed by atoms with Crippen LogP contribution in [0.4, 0.5) is 0 Å². The van der Waals surface area contributed by atoms with E-state index in [1.165, 1.54) is 11.3 Å². The quantitative estimate of drug-likeness (QED) is 0.712. The van der Waals surface area contributed by atoms with Crippen molar-refractivity contribution < 1.29 is 24.6 Å². The lowest BCUT2D eigenvalue weighted by atomic mass is 10.1. The molecule has 7 heteroatoms. The molecule has 0 fully saturated rings. The van der Waals surface area contributed by atoms with E-state index < -0.39 is 23.9 Å². The second-order valence-corrected chi connectivity index (χ2v) is 5.76. The molecule has 6 nitrogen and oxygen atoms in total. The molecule has 1 atom stereocenters. The number of hydrogen-bond donors (Lipinski definition) is 3. The van der Waals surface area contributed by atoms with Gasteiger partial charge in [-0.3, -0.25) is 9.59 Å². The highest BCUT2D eigenvalue weighted by atomic mass is 32.1. The largest absolute Gasteiger partial charge is 0.481 e. The molecule has 20 heavy (non-hydrogen) atoms. The Morgan fingerprint density at radius 1 is 1.30 bits per heavy atom. The Balaban J connectivity index is 2.63. The van der Waals surface area contributed by atoms with Crippen molar-refractivity contribution in [2.75, 3.05) is 0 Å². The minimum absolute atomic E-state index is 0.0940. The average molecular weight is 299 g/mol. The van der Waals surface area contributed by atoms with Gasteiger partial charge in [-0.15, -0.1) is 11.3 Å². The summed E-state index contributed by atoms with van der Waals surface area (Å²) in [4.78, 5) is 34.9. The normalized spacial score (nSPS) is 11.9. The third-order valence-electron chi connectivity index (χ3n) is 2.88. The van der Waals surface area contributed by atoms with E-state index in [0.717, 1.165) is 10.4 Å². The fourth-order valence-corrected chi connectivity index (χ4v) is 2.57. The van der Waals surface area contributed by atoms with Crippen molar-refractivity contribution in [3.63, 3.8) is 0 Å². The lowest BCUT2D eigenvalue weighted by Gasteiger charge is -2.13. The summed E-state index contributed by atoms with van der Waals surface area (Å²) in [7, 11) is 0. The van der Waals surface area contributed by atoms with Gasteiger partial charge in [-0.25, -0.2) is 4.79 Å². The molecule has 0 saturated heterocycles. The van der Waals surface area contributed by atoms with Crippen LogP contribution in [0.15, 0.2) is 6.07 Å². The molecule has 1 amide bonds. The molecule has 0 aliphatic rings. The molecule has 0 spiro atoms. The minimum atomic E-state index is -1.16. The number of hydrogen-bond acceptors (Lipinski definition) is 4. The number of aliphatic carboxylic acids is 2. The fourth-order valence-electron chi connectivity index (χ4n) is 1.63. The van der Waals surface area contributed by atoms with Gasteiger partial charge in [-0.05, 0) is 38.3 Å². The van der Waals surface area contributed by atoms with Gasteiger partial charge in [0.25, 0.3) is 5.91 Å². The molecule has 110 valence electrons. The Kier molecular flexibility index (Phi) is 5.69. The number of carbonyl (C=O) groups excluding carboxylic acids is 1. The predicted molar refractivity (Wildman–Crippen MR) is 74.2 cm³/mol. The van der Waals surface area contributed by atoms with Gasteiger partial charge in [-0.2, -0.15) is 0 Å². The first kappa shape index (κ1) is 16.2. The molecule has 0 saturated carbocycles. The van der Waals surface area contributed by atoms with Crippen molar-refractivity contribution in [1.82, 2.24) is 5.32 Å². The van der Waals surface area contributed by atoms with Crippen molar-refractivity contribution in [2.24, 2.45) is 0 Å². The highest BCUT2D eigenvalue weighted by molar-refractivity contribution is 7.14. The van der Waals surface area contributed by atoms with Crippen molar-refractivity contribution in [3.8, 4) is 0 Å². The van der Waals surface area contributed by atoms with Crippen molar-refractivity contribution in [1.29, 1.82) is 0 Å². The van der Waals surface area contributed by atoms with Gasteiger partial charge < -0.3 is 15.5 Å². The Hall–Kier alpha value is -1.89. The molecule has 0 bridgehead atoms. The number of carboxylic acid groups (broad SMARTS) is 2. The summed E-state index contributed by atoms with van der Waals surface area (Å²) in [6.07, 6.45) is 0.183. The zero-order valence-electron chi connectivity index (χ0n) is 11.3. The summed E-state index contributed by atoms with van der Waals surface area (Å²) in [6.45, 7) is 3.77. The van der Waals surface area contributed by atoms with E-state index >= 15 is 0 Å². The average Bonchev–Trinajstić information content (AvgIpc) is 2.67. The Bertz CT molecular complexity index is 503. The summed E-state index contributed by atoms with van der Waals surface area (Å²) >= 11 is 1.31. The van der Waals surface area contributed by atoms with Crippen LogP contribution in [-0.4, -0.2) is 34.1 Å². The molecular formula is C13H17NO5S. The van der Waals surface area contributed by atoms with E-state index in [1.54, 1.807) is 6.07 Å². The number of carbonyl (C=O) groups is 3. The van der Waals surface area contributed by atoms with Gasteiger partial charge in [0, 0.05) is 11.3 Å². The van der Waals surface area contributed by atoms with E-state index in [1.807, 2.05) is 13.8 Å². The van der Waals surface area contributed by atoms with Gasteiger partial charge in [0.15, 0.2) is 0 Å². The van der Waals surface area contributed by atoms with Crippen LogP contribution in [0.5, 0.6) is 0 Å². The molecule has 1 rings (SSSR count). The maximum Gasteiger partial charge on any atom is 0.326 e. The van der Waals surface area contributed by atoms with E-state index in [2.05, 4.69) is 5.32 Å². The van der Waals surface area contributed by atoms with E-state index in [9.17, 15) is 14.4 Å². The zero-order valence-corrected chi connectivity index (χ0v) is 12.1.